The van der Waals surface area contributed by atoms with Crippen molar-refractivity contribution in [2.75, 3.05) is 6.61 Å². The van der Waals surface area contributed by atoms with Gasteiger partial charge < -0.3 is 14.2 Å². The Labute approximate surface area is 166 Å². The maximum atomic E-state index is 12.4. The van der Waals surface area contributed by atoms with Crippen LogP contribution in [0.4, 0.5) is 0 Å². The Balaban J connectivity index is 1.57. The quantitative estimate of drug-likeness (QED) is 0.569. The van der Waals surface area contributed by atoms with Gasteiger partial charge in [0.25, 0.3) is 0 Å². The Morgan fingerprint density at radius 1 is 1.04 bits per heavy atom. The number of rotatable bonds is 5. The average Bonchev–Trinajstić information content (AvgIpc) is 3.10. The molecule has 1 aliphatic rings. The van der Waals surface area contributed by atoms with E-state index in [1.165, 1.54) is 0 Å². The molecule has 1 aliphatic heterocycles. The number of carbonyl (C=O) groups excluding carboxylic acids is 2. The first-order valence-electron chi connectivity index (χ1n) is 9.85. The topological polar surface area (TPSA) is 61.8 Å². The van der Waals surface area contributed by atoms with Crippen molar-refractivity contribution in [3.05, 3.63) is 70.8 Å². The number of ether oxygens (including phenoxy) is 3. The van der Waals surface area contributed by atoms with E-state index in [1.807, 2.05) is 0 Å². The monoisotopic (exact) mass is 390 g/mol. The van der Waals surface area contributed by atoms with Gasteiger partial charge in [0.05, 0.1) is 11.1 Å². The highest BCUT2D eigenvalue weighted by molar-refractivity contribution is 6.19. The SMILES string of the molecule is [2H]Cc1ccc(C(=O)OC[C@H]2OC(Cl)C[C@@H]2OC(=O)c2ccc(C[2H])cc2)cc1. The summed E-state index contributed by atoms with van der Waals surface area (Å²) < 4.78 is 31.0. The van der Waals surface area contributed by atoms with Crippen molar-refractivity contribution < 1.29 is 26.5 Å². The molecule has 0 aromatic heterocycles. The molecule has 0 amide bonds. The van der Waals surface area contributed by atoms with Crippen molar-refractivity contribution in [2.45, 2.75) is 38.0 Å². The van der Waals surface area contributed by atoms with Crippen LogP contribution in [0.15, 0.2) is 48.5 Å². The van der Waals surface area contributed by atoms with Gasteiger partial charge in [-0.3, -0.25) is 0 Å². The zero-order valence-corrected chi connectivity index (χ0v) is 15.4. The van der Waals surface area contributed by atoms with Crippen molar-refractivity contribution in [3.8, 4) is 0 Å². The predicted octanol–water partition coefficient (Wildman–Crippen LogP) is 4.04. The summed E-state index contributed by atoms with van der Waals surface area (Å²) in [5.41, 5.74) is 1.69. The molecule has 1 heterocycles. The zero-order valence-electron chi connectivity index (χ0n) is 16.6. The van der Waals surface area contributed by atoms with Crippen molar-refractivity contribution >= 4 is 23.5 Å². The van der Waals surface area contributed by atoms with Gasteiger partial charge in [-0.2, -0.15) is 0 Å². The molecular formula is C21H21ClO5. The van der Waals surface area contributed by atoms with E-state index < -0.39 is 29.7 Å². The molecule has 3 atom stereocenters. The van der Waals surface area contributed by atoms with Crippen LogP contribution in [0.1, 0.15) is 41.0 Å². The number of halogens is 1. The largest absolute Gasteiger partial charge is 0.459 e. The highest BCUT2D eigenvalue weighted by Gasteiger charge is 2.38. The van der Waals surface area contributed by atoms with Gasteiger partial charge in [-0.1, -0.05) is 47.0 Å². The summed E-state index contributed by atoms with van der Waals surface area (Å²) >= 11 is 6.04. The maximum absolute atomic E-state index is 12.4. The van der Waals surface area contributed by atoms with Gasteiger partial charge >= 0.3 is 11.9 Å². The number of hydrogen-bond donors (Lipinski definition) is 0. The molecule has 5 nitrogen and oxygen atoms in total. The van der Waals surface area contributed by atoms with Gasteiger partial charge in [0.15, 0.2) is 0 Å². The Bertz CT molecular complexity index is 841. The molecule has 2 aromatic carbocycles. The molecule has 3 rings (SSSR count). The van der Waals surface area contributed by atoms with Crippen molar-refractivity contribution in [2.24, 2.45) is 0 Å². The van der Waals surface area contributed by atoms with E-state index in [0.717, 1.165) is 11.1 Å². The van der Waals surface area contributed by atoms with Crippen LogP contribution < -0.4 is 0 Å². The van der Waals surface area contributed by atoms with Crippen molar-refractivity contribution in [1.29, 1.82) is 0 Å². The third kappa shape index (κ3) is 5.08. The molecule has 0 spiro atoms. The second-order valence-corrected chi connectivity index (χ2v) is 6.74. The fraction of sp³-hybridized carbons (Fsp3) is 0.333. The summed E-state index contributed by atoms with van der Waals surface area (Å²) in [5.74, 6) is -1.05. The van der Waals surface area contributed by atoms with Crippen LogP contribution in [-0.4, -0.2) is 36.3 Å². The number of benzene rings is 2. The fourth-order valence-electron chi connectivity index (χ4n) is 2.67. The lowest BCUT2D eigenvalue weighted by atomic mass is 10.1. The molecule has 6 heteroatoms. The third-order valence-corrected chi connectivity index (χ3v) is 4.45. The molecular weight excluding hydrogens is 368 g/mol. The van der Waals surface area contributed by atoms with E-state index >= 15 is 0 Å². The molecule has 0 N–H and O–H groups in total. The average molecular weight is 391 g/mol. The van der Waals surface area contributed by atoms with E-state index in [0.29, 0.717) is 17.5 Å². The highest BCUT2D eigenvalue weighted by Crippen LogP contribution is 2.27. The summed E-state index contributed by atoms with van der Waals surface area (Å²) in [6.45, 7) is 0.179. The number of esters is 2. The second kappa shape index (κ2) is 8.55. The Morgan fingerprint density at radius 3 is 2.15 bits per heavy atom. The second-order valence-electron chi connectivity index (χ2n) is 6.26. The van der Waals surface area contributed by atoms with E-state index in [2.05, 4.69) is 0 Å². The summed E-state index contributed by atoms with van der Waals surface area (Å²) in [7, 11) is 0. The van der Waals surface area contributed by atoms with E-state index in [-0.39, 0.29) is 20.4 Å². The smallest absolute Gasteiger partial charge is 0.338 e. The minimum absolute atomic E-state index is 0.0992. The molecule has 27 heavy (non-hydrogen) atoms. The van der Waals surface area contributed by atoms with Crippen LogP contribution in [0.3, 0.4) is 0 Å². The molecule has 0 radical (unpaired) electrons. The zero-order chi connectivity index (χ0) is 20.8. The van der Waals surface area contributed by atoms with Gasteiger partial charge in [0.1, 0.15) is 24.4 Å². The lowest BCUT2D eigenvalue weighted by Crippen LogP contribution is -2.32. The molecule has 1 unspecified atom stereocenters. The number of hydrogen-bond acceptors (Lipinski definition) is 5. The summed E-state index contributed by atoms with van der Waals surface area (Å²) in [6.07, 6.45) is -1.01. The van der Waals surface area contributed by atoms with Crippen LogP contribution >= 0.6 is 11.6 Å². The van der Waals surface area contributed by atoms with Gasteiger partial charge in [-0.05, 0) is 38.1 Å². The first-order valence-corrected chi connectivity index (χ1v) is 8.87. The third-order valence-electron chi connectivity index (χ3n) is 4.17. The molecule has 0 saturated carbocycles. The number of alkyl halides is 1. The molecule has 0 aliphatic carbocycles. The fourth-order valence-corrected chi connectivity index (χ4v) is 2.97. The summed E-state index contributed by atoms with van der Waals surface area (Å²) in [6, 6.07) is 13.2. The first kappa shape index (κ1) is 16.8. The maximum Gasteiger partial charge on any atom is 0.338 e. The molecule has 1 saturated heterocycles. The van der Waals surface area contributed by atoms with Gasteiger partial charge in [-0.15, -0.1) is 0 Å². The van der Waals surface area contributed by atoms with Gasteiger partial charge in [0.2, 0.25) is 0 Å². The minimum atomic E-state index is -0.662. The number of aryl methyl sites for hydroxylation is 2. The standard InChI is InChI=1S/C21H21ClO5/c1-13-3-7-15(8-4-13)20(23)25-12-18-17(11-19(22)26-18)27-21(24)16-9-5-14(2)6-10-16/h3-10,17-19H,11-12H2,1-2H3/t17-,18+,19?/m0/s1/i1D,2D. The van der Waals surface area contributed by atoms with Crippen molar-refractivity contribution in [1.82, 2.24) is 0 Å². The lowest BCUT2D eigenvalue weighted by molar-refractivity contribution is -0.0322. The number of carbonyl (C=O) groups is 2. The summed E-state index contributed by atoms with van der Waals surface area (Å²) in [5, 5.41) is 0. The van der Waals surface area contributed by atoms with Crippen LogP contribution in [0.25, 0.3) is 0 Å². The Hall–Kier alpha value is -2.37. The summed E-state index contributed by atoms with van der Waals surface area (Å²) in [4.78, 5) is 24.6. The molecule has 2 aromatic rings. The molecule has 142 valence electrons. The Morgan fingerprint density at radius 2 is 1.59 bits per heavy atom. The lowest BCUT2D eigenvalue weighted by Gasteiger charge is -2.19. The van der Waals surface area contributed by atoms with Gasteiger partial charge in [-0.25, -0.2) is 9.59 Å². The predicted molar refractivity (Wildman–Crippen MR) is 101 cm³/mol. The van der Waals surface area contributed by atoms with Crippen LogP contribution in [-0.2, 0) is 14.2 Å². The molecule has 0 bridgehead atoms. The van der Waals surface area contributed by atoms with E-state index in [4.69, 9.17) is 28.6 Å². The van der Waals surface area contributed by atoms with E-state index in [1.54, 1.807) is 48.5 Å². The van der Waals surface area contributed by atoms with E-state index in [9.17, 15) is 9.59 Å². The minimum Gasteiger partial charge on any atom is -0.459 e. The normalized spacial score (nSPS) is 22.6. The van der Waals surface area contributed by atoms with Crippen LogP contribution in [0.5, 0.6) is 0 Å². The van der Waals surface area contributed by atoms with Gasteiger partial charge in [0, 0.05) is 9.16 Å². The van der Waals surface area contributed by atoms with Crippen molar-refractivity contribution in [3.63, 3.8) is 0 Å². The highest BCUT2D eigenvalue weighted by atomic mass is 35.5. The first-order chi connectivity index (χ1) is 14.0. The van der Waals surface area contributed by atoms with Crippen LogP contribution in [0.2, 0.25) is 0 Å². The van der Waals surface area contributed by atoms with Crippen LogP contribution in [0, 0.1) is 13.8 Å². The Kier molecular flexibility index (Phi) is 5.31. The molecule has 1 fully saturated rings.